The molecule has 0 unspecified atom stereocenters. The summed E-state index contributed by atoms with van der Waals surface area (Å²) in [5.74, 6) is 1.35. The predicted molar refractivity (Wildman–Crippen MR) is 198 cm³/mol. The summed E-state index contributed by atoms with van der Waals surface area (Å²) in [5, 5.41) is 1.91. The Balaban J connectivity index is 0.00000496. The van der Waals surface area contributed by atoms with Crippen LogP contribution in [0.15, 0.2) is 97.4 Å². The smallest absolute Gasteiger partial charge is 0.509 e. The molecule has 0 radical (unpaired) electrons. The molecule has 7 heteroatoms. The number of hydrogen-bond donors (Lipinski definition) is 0. The van der Waals surface area contributed by atoms with E-state index in [2.05, 4.69) is 62.1 Å². The van der Waals surface area contributed by atoms with Crippen LogP contribution in [0.2, 0.25) is 0 Å². The number of aromatic nitrogens is 3. The summed E-state index contributed by atoms with van der Waals surface area (Å²) >= 11 is 0. The minimum Gasteiger partial charge on any atom is -0.509 e. The minimum absolute atomic E-state index is 0. The average molecular weight is 842 g/mol. The van der Waals surface area contributed by atoms with Crippen LogP contribution in [0.5, 0.6) is 11.5 Å². The van der Waals surface area contributed by atoms with E-state index in [1.54, 1.807) is 18.5 Å². The Morgan fingerprint density at radius 1 is 0.880 bits per heavy atom. The number of rotatable bonds is 5. The van der Waals surface area contributed by atoms with Gasteiger partial charge in [-0.1, -0.05) is 77.4 Å². The molecular formula is C43H37N5OPt+2. The van der Waals surface area contributed by atoms with Crippen molar-refractivity contribution in [2.75, 3.05) is 6.98 Å². The van der Waals surface area contributed by atoms with Gasteiger partial charge in [0.1, 0.15) is 15.6 Å². The Hall–Kier alpha value is -5.15. The molecule has 4 heterocycles. The number of fused-ring (bicyclic) bond motifs is 4. The monoisotopic (exact) mass is 841 g/mol. The SMILES string of the molecule is [2H]c1c([2H])c([2H])c2c(c1[2H])[N+](c1[c-]c(Oc3[c-]c4c(cc3)c3ccncc3n4-c3cc(C(C)(C)C)ccn3)cc(-c3c(C)cc(C)cc3C)c1)=C=[N+]2C([2H])([2H])[2H].[Pt+2]. The van der Waals surface area contributed by atoms with Crippen LogP contribution >= 0.6 is 0 Å². The first-order valence-electron chi connectivity index (χ1n) is 19.5. The fourth-order valence-electron chi connectivity index (χ4n) is 6.67. The van der Waals surface area contributed by atoms with Crippen molar-refractivity contribution in [2.24, 2.45) is 0 Å². The van der Waals surface area contributed by atoms with Crippen LogP contribution in [0.3, 0.4) is 0 Å². The Kier molecular flexibility index (Phi) is 6.51. The molecule has 0 aliphatic carbocycles. The summed E-state index contributed by atoms with van der Waals surface area (Å²) in [4.78, 5) is 9.18. The number of para-hydroxylation sites is 2. The molecule has 4 aromatic carbocycles. The van der Waals surface area contributed by atoms with Crippen molar-refractivity contribution < 1.29 is 40.0 Å². The molecule has 1 aliphatic rings. The number of nitrogens with zero attached hydrogens (tertiary/aromatic N) is 5. The first kappa shape index (κ1) is 25.8. The molecule has 0 amide bonds. The molecule has 8 rings (SSSR count). The van der Waals surface area contributed by atoms with E-state index in [0.29, 0.717) is 11.6 Å². The van der Waals surface area contributed by atoms with Crippen LogP contribution in [-0.2, 0) is 26.5 Å². The first-order chi connectivity index (χ1) is 26.4. The summed E-state index contributed by atoms with van der Waals surface area (Å²) in [6.07, 6.45) is 5.37. The van der Waals surface area contributed by atoms with Gasteiger partial charge in [-0.2, -0.15) is 6.07 Å². The number of pyridine rings is 2. The van der Waals surface area contributed by atoms with E-state index in [0.717, 1.165) is 59.8 Å². The van der Waals surface area contributed by atoms with E-state index in [-0.39, 0.29) is 49.3 Å². The van der Waals surface area contributed by atoms with Gasteiger partial charge in [-0.15, -0.1) is 29.1 Å². The number of hydrogen-bond acceptors (Lipinski definition) is 3. The van der Waals surface area contributed by atoms with Gasteiger partial charge in [0.15, 0.2) is 6.98 Å². The van der Waals surface area contributed by atoms with Gasteiger partial charge in [-0.25, -0.2) is 4.98 Å². The van der Waals surface area contributed by atoms with Crippen LogP contribution in [0, 0.1) is 32.9 Å². The number of aryl methyl sites for hydroxylation is 3. The van der Waals surface area contributed by atoms with Gasteiger partial charge in [-0.3, -0.25) is 4.98 Å². The maximum absolute atomic E-state index is 8.85. The normalized spacial score (nSPS) is 14.7. The van der Waals surface area contributed by atoms with E-state index < -0.39 is 31.1 Å². The van der Waals surface area contributed by atoms with E-state index in [4.69, 9.17) is 19.3 Å². The Labute approximate surface area is 317 Å². The third kappa shape index (κ3) is 5.79. The molecule has 0 atom stereocenters. The van der Waals surface area contributed by atoms with Gasteiger partial charge in [-0.05, 0) is 72.0 Å². The molecular weight excluding hydrogens is 798 g/mol. The summed E-state index contributed by atoms with van der Waals surface area (Å²) in [7, 11) is 0. The van der Waals surface area contributed by atoms with Crippen molar-refractivity contribution in [3.8, 4) is 28.4 Å². The Morgan fingerprint density at radius 2 is 1.66 bits per heavy atom. The molecule has 0 bridgehead atoms. The van der Waals surface area contributed by atoms with E-state index >= 15 is 0 Å². The van der Waals surface area contributed by atoms with E-state index in [1.165, 1.54) is 4.58 Å². The summed E-state index contributed by atoms with van der Waals surface area (Å²) in [6.45, 7) is 9.72. The molecule has 0 saturated heterocycles. The van der Waals surface area contributed by atoms with E-state index in [1.807, 2.05) is 61.9 Å². The molecule has 0 saturated carbocycles. The third-order valence-corrected chi connectivity index (χ3v) is 8.85. The predicted octanol–water partition coefficient (Wildman–Crippen LogP) is 10.1. The molecule has 248 valence electrons. The summed E-state index contributed by atoms with van der Waals surface area (Å²) in [5.41, 5.74) is 7.35. The van der Waals surface area contributed by atoms with Crippen molar-refractivity contribution in [1.29, 1.82) is 0 Å². The van der Waals surface area contributed by atoms with Crippen molar-refractivity contribution in [1.82, 2.24) is 19.1 Å². The van der Waals surface area contributed by atoms with Crippen molar-refractivity contribution in [2.45, 2.75) is 47.0 Å². The Bertz CT molecular complexity index is 2860. The average Bonchev–Trinajstić information content (AvgIpc) is 3.70. The zero-order valence-corrected chi connectivity index (χ0v) is 30.7. The van der Waals surface area contributed by atoms with Crippen molar-refractivity contribution in [3.05, 3.63) is 132 Å². The van der Waals surface area contributed by atoms with Crippen LogP contribution in [0.25, 0.3) is 38.8 Å². The molecule has 7 aromatic rings. The topological polar surface area (TPSA) is 46.0 Å². The van der Waals surface area contributed by atoms with Crippen LogP contribution in [-0.4, -0.2) is 32.1 Å². The second-order valence-corrected chi connectivity index (χ2v) is 13.4. The Morgan fingerprint density at radius 3 is 2.42 bits per heavy atom. The second kappa shape index (κ2) is 12.6. The van der Waals surface area contributed by atoms with E-state index in [9.17, 15) is 0 Å². The fraction of sp³-hybridized carbons (Fsp3) is 0.186. The van der Waals surface area contributed by atoms with Gasteiger partial charge >= 0.3 is 27.1 Å². The second-order valence-electron chi connectivity index (χ2n) is 13.4. The maximum Gasteiger partial charge on any atom is 2.00 e. The standard InChI is InChI=1S/C43H37N5O.Pt/c1-27-18-28(2)42(29(3)19-27)30-20-32(47-26-46(7)37-10-8-9-11-38(37)47)23-34(21-30)49-33-12-13-35-36-15-16-44-25-40(36)48(39(35)24-33)41-22-31(14-17-45-41)43(4,5)6;/h8-22,25H,1-7H3;/q;+2/i7D3,8D,9D,10D,11D;. The van der Waals surface area contributed by atoms with Gasteiger partial charge < -0.3 is 9.30 Å². The molecule has 6 nitrogen and oxygen atoms in total. The third-order valence-electron chi connectivity index (χ3n) is 8.85. The first-order valence-corrected chi connectivity index (χ1v) is 16.0. The zero-order chi connectivity index (χ0) is 40.0. The summed E-state index contributed by atoms with van der Waals surface area (Å²) in [6, 6.07) is 25.3. The van der Waals surface area contributed by atoms with Crippen LogP contribution < -0.4 is 9.31 Å². The molecule has 0 N–H and O–H groups in total. The number of benzene rings is 4. The fourth-order valence-corrected chi connectivity index (χ4v) is 6.67. The molecule has 50 heavy (non-hydrogen) atoms. The van der Waals surface area contributed by atoms with Gasteiger partial charge in [0, 0.05) is 36.0 Å². The largest absolute Gasteiger partial charge is 2.00 e. The van der Waals surface area contributed by atoms with Gasteiger partial charge in [0.25, 0.3) is 11.4 Å². The number of ether oxygens (including phenoxy) is 1. The maximum atomic E-state index is 8.85. The summed E-state index contributed by atoms with van der Waals surface area (Å²) < 4.78 is 69.7. The minimum atomic E-state index is -2.80. The molecule has 0 spiro atoms. The molecule has 0 fully saturated rings. The molecule has 1 aliphatic heterocycles. The van der Waals surface area contributed by atoms with Crippen molar-refractivity contribution in [3.63, 3.8) is 0 Å². The quantitative estimate of drug-likeness (QED) is 0.128. The van der Waals surface area contributed by atoms with Gasteiger partial charge in [0.2, 0.25) is 0 Å². The molecule has 3 aromatic heterocycles. The van der Waals surface area contributed by atoms with Crippen molar-refractivity contribution >= 4 is 44.9 Å². The van der Waals surface area contributed by atoms with Crippen LogP contribution in [0.4, 0.5) is 17.1 Å². The zero-order valence-electron chi connectivity index (χ0n) is 35.4. The van der Waals surface area contributed by atoms with Crippen LogP contribution in [0.1, 0.15) is 52.6 Å². The van der Waals surface area contributed by atoms with Gasteiger partial charge in [0.05, 0.1) is 17.2 Å².